The van der Waals surface area contributed by atoms with Crippen molar-refractivity contribution in [2.75, 3.05) is 6.54 Å². The highest BCUT2D eigenvalue weighted by atomic mass is 16.5. The van der Waals surface area contributed by atoms with E-state index in [0.29, 0.717) is 0 Å². The van der Waals surface area contributed by atoms with Crippen LogP contribution < -0.4 is 10.1 Å². The van der Waals surface area contributed by atoms with E-state index in [-0.39, 0.29) is 12.1 Å². The molecule has 2 aromatic rings. The Morgan fingerprint density at radius 2 is 1.58 bits per heavy atom. The molecule has 0 amide bonds. The molecule has 2 aromatic carbocycles. The molecule has 0 aliphatic carbocycles. The van der Waals surface area contributed by atoms with E-state index in [1.165, 1.54) is 12.0 Å². The molecule has 3 rings (SSSR count). The van der Waals surface area contributed by atoms with Crippen LogP contribution in [0.25, 0.3) is 0 Å². The minimum absolute atomic E-state index is 0.207. The van der Waals surface area contributed by atoms with Gasteiger partial charge in [-0.15, -0.1) is 0 Å². The molecule has 2 nitrogen and oxygen atoms in total. The minimum atomic E-state index is 0.207. The molecule has 0 unspecified atom stereocenters. The summed E-state index contributed by atoms with van der Waals surface area (Å²) in [4.78, 5) is 0. The maximum absolute atomic E-state index is 6.16. The van der Waals surface area contributed by atoms with E-state index >= 15 is 0 Å². The maximum atomic E-state index is 6.16. The summed E-state index contributed by atoms with van der Waals surface area (Å²) in [5.74, 6) is 0.956. The summed E-state index contributed by atoms with van der Waals surface area (Å²) in [5, 5.41) is 3.58. The lowest BCUT2D eigenvalue weighted by molar-refractivity contribution is 0.120. The molecule has 1 heterocycles. The summed E-state index contributed by atoms with van der Waals surface area (Å²) >= 11 is 0. The van der Waals surface area contributed by atoms with Gasteiger partial charge in [0.05, 0.1) is 6.04 Å². The molecule has 0 saturated carbocycles. The summed E-state index contributed by atoms with van der Waals surface area (Å²) in [5.41, 5.74) is 1.31. The molecule has 1 N–H and O–H groups in total. The maximum Gasteiger partial charge on any atom is 0.119 e. The SMILES string of the molecule is c1ccc(O[C@H]2CCCN[C@@H]2c2ccccc2)cc1. The van der Waals surface area contributed by atoms with Crippen molar-refractivity contribution in [3.05, 3.63) is 66.2 Å². The van der Waals surface area contributed by atoms with Crippen LogP contribution in [0.4, 0.5) is 0 Å². The van der Waals surface area contributed by atoms with Crippen LogP contribution in [0.5, 0.6) is 5.75 Å². The Bertz CT molecular complexity index is 497. The number of para-hydroxylation sites is 1. The van der Waals surface area contributed by atoms with E-state index in [0.717, 1.165) is 18.7 Å². The minimum Gasteiger partial charge on any atom is -0.488 e. The van der Waals surface area contributed by atoms with Gasteiger partial charge in [-0.25, -0.2) is 0 Å². The van der Waals surface area contributed by atoms with Crippen LogP contribution in [-0.4, -0.2) is 12.6 Å². The van der Waals surface area contributed by atoms with Crippen LogP contribution in [0.15, 0.2) is 60.7 Å². The first-order valence-corrected chi connectivity index (χ1v) is 6.93. The van der Waals surface area contributed by atoms with Crippen molar-refractivity contribution in [2.24, 2.45) is 0 Å². The first-order valence-electron chi connectivity index (χ1n) is 6.93. The molecule has 2 atom stereocenters. The van der Waals surface area contributed by atoms with Gasteiger partial charge < -0.3 is 10.1 Å². The molecule has 0 bridgehead atoms. The van der Waals surface area contributed by atoms with E-state index in [1.54, 1.807) is 0 Å². The number of hydrogen-bond donors (Lipinski definition) is 1. The van der Waals surface area contributed by atoms with E-state index in [2.05, 4.69) is 35.6 Å². The normalized spacial score (nSPS) is 22.9. The number of benzene rings is 2. The number of rotatable bonds is 3. The number of ether oxygens (including phenoxy) is 1. The van der Waals surface area contributed by atoms with E-state index < -0.39 is 0 Å². The van der Waals surface area contributed by atoms with Crippen molar-refractivity contribution in [2.45, 2.75) is 25.0 Å². The fourth-order valence-electron chi connectivity index (χ4n) is 2.65. The summed E-state index contributed by atoms with van der Waals surface area (Å²) in [6.07, 6.45) is 2.47. The van der Waals surface area contributed by atoms with Crippen LogP contribution in [-0.2, 0) is 0 Å². The van der Waals surface area contributed by atoms with Gasteiger partial charge >= 0.3 is 0 Å². The molecule has 1 fully saturated rings. The number of nitrogens with one attached hydrogen (secondary N) is 1. The van der Waals surface area contributed by atoms with Crippen molar-refractivity contribution >= 4 is 0 Å². The molecule has 0 radical (unpaired) electrons. The van der Waals surface area contributed by atoms with Crippen LogP contribution >= 0.6 is 0 Å². The summed E-state index contributed by atoms with van der Waals surface area (Å²) in [6.45, 7) is 1.06. The molecule has 1 aliphatic rings. The fraction of sp³-hybridized carbons (Fsp3) is 0.294. The first kappa shape index (κ1) is 12.2. The van der Waals surface area contributed by atoms with Gasteiger partial charge in [-0.1, -0.05) is 48.5 Å². The largest absolute Gasteiger partial charge is 0.488 e. The molecule has 1 saturated heterocycles. The van der Waals surface area contributed by atoms with Gasteiger partial charge in [0, 0.05) is 0 Å². The van der Waals surface area contributed by atoms with Crippen molar-refractivity contribution in [1.82, 2.24) is 5.32 Å². The van der Waals surface area contributed by atoms with Crippen LogP contribution in [0.3, 0.4) is 0 Å². The lowest BCUT2D eigenvalue weighted by Gasteiger charge is -2.33. The molecule has 0 aromatic heterocycles. The van der Waals surface area contributed by atoms with Crippen LogP contribution in [0.2, 0.25) is 0 Å². The Hall–Kier alpha value is -1.80. The van der Waals surface area contributed by atoms with Gasteiger partial charge in [0.1, 0.15) is 11.9 Å². The number of piperidine rings is 1. The Morgan fingerprint density at radius 1 is 0.895 bits per heavy atom. The summed E-state index contributed by atoms with van der Waals surface area (Å²) in [7, 11) is 0. The van der Waals surface area contributed by atoms with Gasteiger partial charge in [-0.2, -0.15) is 0 Å². The summed E-state index contributed by atoms with van der Waals surface area (Å²) < 4.78 is 6.16. The third-order valence-corrected chi connectivity index (χ3v) is 3.59. The highest BCUT2D eigenvalue weighted by molar-refractivity contribution is 5.24. The lowest BCUT2D eigenvalue weighted by Crippen LogP contribution is -2.40. The van der Waals surface area contributed by atoms with Gasteiger partial charge in [0.25, 0.3) is 0 Å². The van der Waals surface area contributed by atoms with E-state index in [4.69, 9.17) is 4.74 Å². The second-order valence-corrected chi connectivity index (χ2v) is 4.95. The van der Waals surface area contributed by atoms with Crippen molar-refractivity contribution in [1.29, 1.82) is 0 Å². The van der Waals surface area contributed by atoms with Crippen molar-refractivity contribution < 1.29 is 4.74 Å². The topological polar surface area (TPSA) is 21.3 Å². The Labute approximate surface area is 114 Å². The van der Waals surface area contributed by atoms with Gasteiger partial charge in [0.15, 0.2) is 0 Å². The zero-order valence-corrected chi connectivity index (χ0v) is 11.0. The molecular weight excluding hydrogens is 234 g/mol. The fourth-order valence-corrected chi connectivity index (χ4v) is 2.65. The first-order chi connectivity index (χ1) is 9.43. The van der Waals surface area contributed by atoms with Gasteiger partial charge in [-0.3, -0.25) is 0 Å². The van der Waals surface area contributed by atoms with E-state index in [1.807, 2.05) is 30.3 Å². The monoisotopic (exact) mass is 253 g/mol. The van der Waals surface area contributed by atoms with Crippen molar-refractivity contribution in [3.63, 3.8) is 0 Å². The second-order valence-electron chi connectivity index (χ2n) is 4.95. The highest BCUT2D eigenvalue weighted by Gasteiger charge is 2.27. The predicted molar refractivity (Wildman–Crippen MR) is 77.3 cm³/mol. The molecular formula is C17H19NO. The zero-order valence-electron chi connectivity index (χ0n) is 11.0. The van der Waals surface area contributed by atoms with Gasteiger partial charge in [0.2, 0.25) is 0 Å². The Morgan fingerprint density at radius 3 is 2.32 bits per heavy atom. The third-order valence-electron chi connectivity index (χ3n) is 3.59. The Balaban J connectivity index is 1.78. The standard InChI is InChI=1S/C17H19NO/c1-3-8-14(9-4-1)17-16(12-7-13-18-17)19-15-10-5-2-6-11-15/h1-6,8-11,16-18H,7,12-13H2/t16-,17+/m0/s1. The average molecular weight is 253 g/mol. The zero-order chi connectivity index (χ0) is 12.9. The predicted octanol–water partition coefficient (Wildman–Crippen LogP) is 3.56. The molecule has 0 spiro atoms. The lowest BCUT2D eigenvalue weighted by atomic mass is 9.94. The average Bonchev–Trinajstić information content (AvgIpc) is 2.50. The van der Waals surface area contributed by atoms with E-state index in [9.17, 15) is 0 Å². The molecule has 19 heavy (non-hydrogen) atoms. The molecule has 2 heteroatoms. The Kier molecular flexibility index (Phi) is 3.80. The quantitative estimate of drug-likeness (QED) is 0.903. The van der Waals surface area contributed by atoms with Gasteiger partial charge in [-0.05, 0) is 37.1 Å². The summed E-state index contributed by atoms with van der Waals surface area (Å²) in [6, 6.07) is 21.0. The second kappa shape index (κ2) is 5.89. The smallest absolute Gasteiger partial charge is 0.119 e. The van der Waals surface area contributed by atoms with Crippen molar-refractivity contribution in [3.8, 4) is 5.75 Å². The number of hydrogen-bond acceptors (Lipinski definition) is 2. The molecule has 98 valence electrons. The van der Waals surface area contributed by atoms with Crippen LogP contribution in [0.1, 0.15) is 24.4 Å². The highest BCUT2D eigenvalue weighted by Crippen LogP contribution is 2.27. The molecule has 1 aliphatic heterocycles. The third kappa shape index (κ3) is 2.96. The van der Waals surface area contributed by atoms with Crippen LogP contribution in [0, 0.1) is 0 Å².